The third-order valence-corrected chi connectivity index (χ3v) is 11.3. The first-order valence-corrected chi connectivity index (χ1v) is 18.3. The van der Waals surface area contributed by atoms with Gasteiger partial charge in [-0.1, -0.05) is 158 Å². The lowest BCUT2D eigenvalue weighted by Crippen LogP contribution is -2.30. The standard InChI is InChI=1S/C51H33NO/c1-2-13-34(14-3-1)35-27-29-38(30-28-35)52(39-31-32-41-40-17-7-11-24-48(40)53-49(41)33-39)47-23-12-22-46-50(47)42-18-6-10-21-45(42)51(46)43-19-8-4-15-36(43)25-26-37-16-5-9-20-44(37)51/h1-33H. The molecule has 0 saturated heterocycles. The molecule has 0 fully saturated rings. The fourth-order valence-corrected chi connectivity index (χ4v) is 9.08. The number of hydrogen-bond donors (Lipinski definition) is 0. The van der Waals surface area contributed by atoms with Gasteiger partial charge in [-0.25, -0.2) is 0 Å². The Morgan fingerprint density at radius 1 is 0.396 bits per heavy atom. The summed E-state index contributed by atoms with van der Waals surface area (Å²) in [5, 5.41) is 2.24. The van der Waals surface area contributed by atoms with Gasteiger partial charge in [-0.2, -0.15) is 0 Å². The zero-order valence-electron chi connectivity index (χ0n) is 28.9. The van der Waals surface area contributed by atoms with Crippen LogP contribution in [0.25, 0.3) is 56.3 Å². The minimum Gasteiger partial charge on any atom is -0.456 e. The molecule has 2 aliphatic carbocycles. The summed E-state index contributed by atoms with van der Waals surface area (Å²) in [4.78, 5) is 2.42. The van der Waals surface area contributed by atoms with Gasteiger partial charge in [0.1, 0.15) is 11.2 Å². The molecule has 248 valence electrons. The van der Waals surface area contributed by atoms with Gasteiger partial charge in [0, 0.05) is 33.8 Å². The largest absolute Gasteiger partial charge is 0.456 e. The number of nitrogens with zero attached hydrogens (tertiary/aromatic N) is 1. The monoisotopic (exact) mass is 675 g/mol. The minimum atomic E-state index is -0.510. The Hall–Kier alpha value is -6.90. The fourth-order valence-electron chi connectivity index (χ4n) is 9.08. The van der Waals surface area contributed by atoms with Crippen LogP contribution in [0.4, 0.5) is 17.1 Å². The summed E-state index contributed by atoms with van der Waals surface area (Å²) < 4.78 is 6.49. The van der Waals surface area contributed by atoms with Gasteiger partial charge in [0.2, 0.25) is 0 Å². The SMILES string of the molecule is C1=Cc2ccccc2C2(c3ccccc31)c1ccccc1-c1c(N(c3ccc(-c4ccccc4)cc3)c3ccc4c(c3)oc3ccccc34)cccc12. The van der Waals surface area contributed by atoms with Crippen molar-refractivity contribution in [2.75, 3.05) is 4.90 Å². The maximum atomic E-state index is 6.49. The molecule has 0 amide bonds. The van der Waals surface area contributed by atoms with E-state index in [1.807, 2.05) is 12.1 Å². The predicted molar refractivity (Wildman–Crippen MR) is 220 cm³/mol. The summed E-state index contributed by atoms with van der Waals surface area (Å²) in [6.07, 6.45) is 4.58. The van der Waals surface area contributed by atoms with E-state index in [0.717, 1.165) is 39.0 Å². The van der Waals surface area contributed by atoms with Gasteiger partial charge in [0.15, 0.2) is 0 Å². The van der Waals surface area contributed by atoms with E-state index < -0.39 is 5.41 Å². The van der Waals surface area contributed by atoms with Crippen molar-refractivity contribution >= 4 is 51.2 Å². The summed E-state index contributed by atoms with van der Waals surface area (Å²) in [7, 11) is 0. The van der Waals surface area contributed by atoms with Crippen LogP contribution >= 0.6 is 0 Å². The molecule has 0 bridgehead atoms. The van der Waals surface area contributed by atoms with Gasteiger partial charge in [-0.15, -0.1) is 0 Å². The zero-order chi connectivity index (χ0) is 34.9. The Morgan fingerprint density at radius 2 is 0.981 bits per heavy atom. The molecule has 1 heterocycles. The number of benzene rings is 8. The summed E-state index contributed by atoms with van der Waals surface area (Å²) in [5.41, 5.74) is 17.0. The van der Waals surface area contributed by atoms with Crippen LogP contribution in [-0.4, -0.2) is 0 Å². The molecule has 2 nitrogen and oxygen atoms in total. The summed E-state index contributed by atoms with van der Waals surface area (Å²) in [5.74, 6) is 0. The first-order valence-electron chi connectivity index (χ1n) is 18.3. The molecule has 0 N–H and O–H groups in total. The lowest BCUT2D eigenvalue weighted by Gasteiger charge is -2.35. The number of hydrogen-bond acceptors (Lipinski definition) is 2. The third-order valence-electron chi connectivity index (χ3n) is 11.3. The fraction of sp³-hybridized carbons (Fsp3) is 0.0196. The van der Waals surface area contributed by atoms with E-state index in [4.69, 9.17) is 4.42 Å². The zero-order valence-corrected chi connectivity index (χ0v) is 28.9. The van der Waals surface area contributed by atoms with Crippen LogP contribution in [0.3, 0.4) is 0 Å². The molecule has 0 unspecified atom stereocenters. The molecule has 2 heteroatoms. The van der Waals surface area contributed by atoms with Crippen molar-refractivity contribution in [3.63, 3.8) is 0 Å². The number of furan rings is 1. The van der Waals surface area contributed by atoms with Crippen molar-refractivity contribution in [2.45, 2.75) is 5.41 Å². The van der Waals surface area contributed by atoms with Crippen molar-refractivity contribution < 1.29 is 4.42 Å². The Bertz CT molecular complexity index is 2850. The highest BCUT2D eigenvalue weighted by Crippen LogP contribution is 2.61. The van der Waals surface area contributed by atoms with Gasteiger partial charge in [-0.05, 0) is 86.5 Å². The molecule has 0 aliphatic heterocycles. The van der Waals surface area contributed by atoms with E-state index in [0.29, 0.717) is 0 Å². The van der Waals surface area contributed by atoms with Gasteiger partial charge in [0.05, 0.1) is 11.1 Å². The summed E-state index contributed by atoms with van der Waals surface area (Å²) >= 11 is 0. The van der Waals surface area contributed by atoms with E-state index >= 15 is 0 Å². The quantitative estimate of drug-likeness (QED) is 0.185. The van der Waals surface area contributed by atoms with E-state index in [1.165, 1.54) is 55.6 Å². The van der Waals surface area contributed by atoms with E-state index in [2.05, 4.69) is 193 Å². The molecule has 0 atom stereocenters. The molecule has 1 aromatic heterocycles. The highest BCUT2D eigenvalue weighted by molar-refractivity contribution is 6.07. The predicted octanol–water partition coefficient (Wildman–Crippen LogP) is 13.6. The number of fused-ring (bicyclic) bond motifs is 12. The Labute approximate surface area is 308 Å². The highest BCUT2D eigenvalue weighted by atomic mass is 16.3. The van der Waals surface area contributed by atoms with Crippen molar-refractivity contribution in [1.29, 1.82) is 0 Å². The second-order valence-electron chi connectivity index (χ2n) is 14.0. The Morgan fingerprint density at radius 3 is 1.75 bits per heavy atom. The normalized spacial score (nSPS) is 13.4. The van der Waals surface area contributed by atoms with Crippen LogP contribution in [0.15, 0.2) is 192 Å². The maximum Gasteiger partial charge on any atom is 0.137 e. The van der Waals surface area contributed by atoms with Crippen LogP contribution in [0.5, 0.6) is 0 Å². The lowest BCUT2D eigenvalue weighted by molar-refractivity contribution is 0.669. The minimum absolute atomic E-state index is 0.510. The van der Waals surface area contributed by atoms with Gasteiger partial charge in [-0.3, -0.25) is 0 Å². The molecule has 11 rings (SSSR count). The van der Waals surface area contributed by atoms with Crippen molar-refractivity contribution in [3.05, 3.63) is 221 Å². The molecule has 1 spiro atoms. The number of rotatable bonds is 4. The van der Waals surface area contributed by atoms with Crippen molar-refractivity contribution in [3.8, 4) is 22.3 Å². The highest BCUT2D eigenvalue weighted by Gasteiger charge is 2.49. The second kappa shape index (κ2) is 11.6. The molecule has 9 aromatic rings. The van der Waals surface area contributed by atoms with E-state index in [1.54, 1.807) is 0 Å². The molecular formula is C51H33NO. The molecule has 53 heavy (non-hydrogen) atoms. The average Bonchev–Trinajstić information content (AvgIpc) is 3.69. The molecule has 8 aromatic carbocycles. The Kier molecular flexibility index (Phi) is 6.50. The molecule has 0 radical (unpaired) electrons. The van der Waals surface area contributed by atoms with Crippen LogP contribution in [0, 0.1) is 0 Å². The first-order chi connectivity index (χ1) is 26.3. The topological polar surface area (TPSA) is 16.4 Å². The van der Waals surface area contributed by atoms with Crippen molar-refractivity contribution in [2.24, 2.45) is 0 Å². The molecule has 2 aliphatic rings. The van der Waals surface area contributed by atoms with Crippen LogP contribution < -0.4 is 4.90 Å². The van der Waals surface area contributed by atoms with Crippen molar-refractivity contribution in [1.82, 2.24) is 0 Å². The number of anilines is 3. The Balaban J connectivity index is 1.21. The van der Waals surface area contributed by atoms with E-state index in [-0.39, 0.29) is 0 Å². The average molecular weight is 676 g/mol. The summed E-state index contributed by atoms with van der Waals surface area (Å²) in [6.45, 7) is 0. The smallest absolute Gasteiger partial charge is 0.137 e. The second-order valence-corrected chi connectivity index (χ2v) is 14.0. The number of para-hydroxylation sites is 1. The summed E-state index contributed by atoms with van der Waals surface area (Å²) in [6, 6.07) is 68.3. The van der Waals surface area contributed by atoms with Gasteiger partial charge < -0.3 is 9.32 Å². The maximum absolute atomic E-state index is 6.49. The third kappa shape index (κ3) is 4.33. The van der Waals surface area contributed by atoms with Crippen LogP contribution in [0.2, 0.25) is 0 Å². The van der Waals surface area contributed by atoms with Crippen LogP contribution in [-0.2, 0) is 5.41 Å². The van der Waals surface area contributed by atoms with Crippen LogP contribution in [0.1, 0.15) is 33.4 Å². The molecular weight excluding hydrogens is 643 g/mol. The molecule has 0 saturated carbocycles. The van der Waals surface area contributed by atoms with Gasteiger partial charge in [0.25, 0.3) is 0 Å². The first kappa shape index (κ1) is 29.8. The lowest BCUT2D eigenvalue weighted by atomic mass is 9.66. The van der Waals surface area contributed by atoms with Gasteiger partial charge >= 0.3 is 0 Å². The van der Waals surface area contributed by atoms with E-state index in [9.17, 15) is 0 Å².